The summed E-state index contributed by atoms with van der Waals surface area (Å²) in [6.45, 7) is 1.21. The van der Waals surface area contributed by atoms with Crippen LogP contribution in [0.2, 0.25) is 10.0 Å². The Labute approximate surface area is 162 Å². The summed E-state index contributed by atoms with van der Waals surface area (Å²) >= 11 is 11.8. The third-order valence-electron chi connectivity index (χ3n) is 4.20. The lowest BCUT2D eigenvalue weighted by molar-refractivity contribution is -0.130. The van der Waals surface area contributed by atoms with Gasteiger partial charge in [0.2, 0.25) is 11.8 Å². The van der Waals surface area contributed by atoms with Crippen molar-refractivity contribution in [2.24, 2.45) is 0 Å². The maximum atomic E-state index is 12.4. The Morgan fingerprint density at radius 1 is 1.23 bits per heavy atom. The fraction of sp³-hybridized carbons (Fsp3) is 0.444. The van der Waals surface area contributed by atoms with Crippen LogP contribution in [0.4, 0.5) is 0 Å². The number of aliphatic hydroxyl groups excluding tert-OH is 2. The molecule has 142 valence electrons. The first-order chi connectivity index (χ1) is 12.4. The van der Waals surface area contributed by atoms with Crippen molar-refractivity contribution in [3.05, 3.63) is 39.9 Å². The molecule has 26 heavy (non-hydrogen) atoms. The Bertz CT molecular complexity index is 681. The summed E-state index contributed by atoms with van der Waals surface area (Å²) < 4.78 is 0. The predicted octanol–water partition coefficient (Wildman–Crippen LogP) is 1.81. The first-order valence-electron chi connectivity index (χ1n) is 8.39. The molecule has 2 rings (SSSR count). The van der Waals surface area contributed by atoms with Crippen LogP contribution in [0.5, 0.6) is 0 Å². The zero-order chi connectivity index (χ0) is 19.1. The van der Waals surface area contributed by atoms with E-state index in [-0.39, 0.29) is 24.8 Å². The molecule has 2 amide bonds. The van der Waals surface area contributed by atoms with Crippen molar-refractivity contribution in [3.63, 3.8) is 0 Å². The lowest BCUT2D eigenvalue weighted by Gasteiger charge is -2.22. The molecule has 6 nitrogen and oxygen atoms in total. The molecule has 0 aliphatic carbocycles. The van der Waals surface area contributed by atoms with Crippen molar-refractivity contribution in [2.75, 3.05) is 32.8 Å². The summed E-state index contributed by atoms with van der Waals surface area (Å²) in [7, 11) is 0. The van der Waals surface area contributed by atoms with Gasteiger partial charge in [0.05, 0.1) is 22.8 Å². The van der Waals surface area contributed by atoms with Crippen molar-refractivity contribution in [1.29, 1.82) is 0 Å². The van der Waals surface area contributed by atoms with Crippen molar-refractivity contribution in [3.8, 4) is 0 Å². The molecule has 0 radical (unpaired) electrons. The van der Waals surface area contributed by atoms with E-state index in [2.05, 4.69) is 0 Å². The predicted molar refractivity (Wildman–Crippen MR) is 101 cm³/mol. The second-order valence-electron chi connectivity index (χ2n) is 6.09. The number of hydrogen-bond acceptors (Lipinski definition) is 4. The Morgan fingerprint density at radius 3 is 2.69 bits per heavy atom. The third-order valence-corrected chi connectivity index (χ3v) is 4.94. The average molecular weight is 401 g/mol. The van der Waals surface area contributed by atoms with Crippen molar-refractivity contribution in [1.82, 2.24) is 9.80 Å². The number of aliphatic hydroxyl groups is 2. The number of carbonyl (C=O) groups is 2. The second kappa shape index (κ2) is 9.92. The molecule has 0 bridgehead atoms. The topological polar surface area (TPSA) is 81.1 Å². The van der Waals surface area contributed by atoms with Crippen LogP contribution in [-0.4, -0.2) is 70.7 Å². The first-order valence-corrected chi connectivity index (χ1v) is 9.15. The van der Waals surface area contributed by atoms with Gasteiger partial charge in [-0.05, 0) is 30.2 Å². The lowest BCUT2D eigenvalue weighted by Crippen LogP contribution is -2.36. The van der Waals surface area contributed by atoms with E-state index >= 15 is 0 Å². The van der Waals surface area contributed by atoms with Crippen molar-refractivity contribution >= 4 is 41.1 Å². The largest absolute Gasteiger partial charge is 0.394 e. The maximum Gasteiger partial charge on any atom is 0.246 e. The number of nitrogens with zero attached hydrogens (tertiary/aromatic N) is 2. The van der Waals surface area contributed by atoms with E-state index in [0.29, 0.717) is 42.6 Å². The minimum Gasteiger partial charge on any atom is -0.394 e. The highest BCUT2D eigenvalue weighted by Gasteiger charge is 2.23. The van der Waals surface area contributed by atoms with E-state index in [1.807, 2.05) is 0 Å². The summed E-state index contributed by atoms with van der Waals surface area (Å²) in [4.78, 5) is 27.7. The number of hydrogen-bond donors (Lipinski definition) is 2. The fourth-order valence-electron chi connectivity index (χ4n) is 2.61. The number of halogens is 2. The van der Waals surface area contributed by atoms with Crippen LogP contribution < -0.4 is 0 Å². The van der Waals surface area contributed by atoms with E-state index in [4.69, 9.17) is 28.3 Å². The van der Waals surface area contributed by atoms with Gasteiger partial charge in [0.15, 0.2) is 0 Å². The molecule has 2 N–H and O–H groups in total. The van der Waals surface area contributed by atoms with Gasteiger partial charge in [-0.1, -0.05) is 29.3 Å². The zero-order valence-electron chi connectivity index (χ0n) is 14.3. The highest BCUT2D eigenvalue weighted by molar-refractivity contribution is 6.42. The minimum absolute atomic E-state index is 0.0566. The highest BCUT2D eigenvalue weighted by Crippen LogP contribution is 2.23. The molecule has 1 heterocycles. The number of benzene rings is 1. The molecule has 1 aromatic carbocycles. The summed E-state index contributed by atoms with van der Waals surface area (Å²) in [6.07, 6.45) is 2.83. The molecule has 1 unspecified atom stereocenters. The zero-order valence-corrected chi connectivity index (χ0v) is 15.8. The molecular weight excluding hydrogens is 379 g/mol. The number of carbonyl (C=O) groups excluding carboxylic acids is 2. The maximum absolute atomic E-state index is 12.4. The van der Waals surface area contributed by atoms with Crippen LogP contribution in [0.15, 0.2) is 24.3 Å². The van der Waals surface area contributed by atoms with Crippen LogP contribution in [0.25, 0.3) is 6.08 Å². The van der Waals surface area contributed by atoms with Crippen LogP contribution >= 0.6 is 23.2 Å². The van der Waals surface area contributed by atoms with Crippen LogP contribution in [0.3, 0.4) is 0 Å². The summed E-state index contributed by atoms with van der Waals surface area (Å²) in [5.41, 5.74) is 0.762. The summed E-state index contributed by atoms with van der Waals surface area (Å²) in [6, 6.07) is 5.10. The Morgan fingerprint density at radius 2 is 2.00 bits per heavy atom. The van der Waals surface area contributed by atoms with Crippen molar-refractivity contribution < 1.29 is 19.8 Å². The number of amides is 2. The van der Waals surface area contributed by atoms with E-state index in [1.165, 1.54) is 6.08 Å². The van der Waals surface area contributed by atoms with Gasteiger partial charge in [0.25, 0.3) is 0 Å². The molecule has 0 spiro atoms. The Balaban J connectivity index is 1.92. The SMILES string of the molecule is O=C(C=Cc1ccc(Cl)c(Cl)c1)N1CCC(=O)N(CCC(O)CO)CC1. The molecule has 1 atom stereocenters. The molecule has 1 aliphatic rings. The molecule has 0 aromatic heterocycles. The molecule has 0 saturated carbocycles. The molecule has 1 aromatic rings. The monoisotopic (exact) mass is 400 g/mol. The molecular formula is C18H22Cl2N2O4. The van der Waals surface area contributed by atoms with Crippen molar-refractivity contribution in [2.45, 2.75) is 18.9 Å². The van der Waals surface area contributed by atoms with Gasteiger partial charge in [-0.2, -0.15) is 0 Å². The Kier molecular flexibility index (Phi) is 7.90. The number of rotatable bonds is 6. The normalized spacial score (nSPS) is 16.8. The molecule has 1 saturated heterocycles. The van der Waals surface area contributed by atoms with Crippen LogP contribution in [0, 0.1) is 0 Å². The van der Waals surface area contributed by atoms with E-state index in [1.54, 1.807) is 34.1 Å². The summed E-state index contributed by atoms with van der Waals surface area (Å²) in [5.74, 6) is -0.236. The van der Waals surface area contributed by atoms with Crippen LogP contribution in [0.1, 0.15) is 18.4 Å². The highest BCUT2D eigenvalue weighted by atomic mass is 35.5. The first kappa shape index (κ1) is 20.7. The average Bonchev–Trinajstić information content (AvgIpc) is 2.82. The minimum atomic E-state index is -0.835. The smallest absolute Gasteiger partial charge is 0.246 e. The van der Waals surface area contributed by atoms with Gasteiger partial charge in [-0.15, -0.1) is 0 Å². The van der Waals surface area contributed by atoms with Gasteiger partial charge in [-0.25, -0.2) is 0 Å². The van der Waals surface area contributed by atoms with E-state index in [0.717, 1.165) is 5.56 Å². The van der Waals surface area contributed by atoms with Gasteiger partial charge < -0.3 is 20.0 Å². The van der Waals surface area contributed by atoms with Crippen LogP contribution in [-0.2, 0) is 9.59 Å². The summed E-state index contributed by atoms with van der Waals surface area (Å²) in [5, 5.41) is 19.1. The van der Waals surface area contributed by atoms with Gasteiger partial charge in [0.1, 0.15) is 0 Å². The Hall–Kier alpha value is -1.60. The van der Waals surface area contributed by atoms with Gasteiger partial charge in [0, 0.05) is 38.7 Å². The van der Waals surface area contributed by atoms with E-state index < -0.39 is 6.10 Å². The standard InChI is InChI=1S/C18H22Cl2N2O4/c19-15-3-1-13(11-16(15)20)2-4-17(25)22-8-6-18(26)21(9-10-22)7-5-14(24)12-23/h1-4,11,14,23-24H,5-10,12H2. The lowest BCUT2D eigenvalue weighted by atomic mass is 10.2. The van der Waals surface area contributed by atoms with E-state index in [9.17, 15) is 14.7 Å². The van der Waals surface area contributed by atoms with Gasteiger partial charge in [-0.3, -0.25) is 9.59 Å². The quantitative estimate of drug-likeness (QED) is 0.713. The molecule has 8 heteroatoms. The second-order valence-corrected chi connectivity index (χ2v) is 6.90. The fourth-order valence-corrected chi connectivity index (χ4v) is 2.92. The molecule has 1 aliphatic heterocycles. The molecule has 1 fully saturated rings. The third kappa shape index (κ3) is 5.99. The van der Waals surface area contributed by atoms with Gasteiger partial charge >= 0.3 is 0 Å².